The lowest BCUT2D eigenvalue weighted by Crippen LogP contribution is -2.40. The maximum absolute atomic E-state index is 13.0. The van der Waals surface area contributed by atoms with E-state index in [0.717, 1.165) is 18.2 Å². The minimum absolute atomic E-state index is 0.00973. The van der Waals surface area contributed by atoms with E-state index in [4.69, 9.17) is 31.2 Å². The number of nitrogens with one attached hydrogen (secondary N) is 2. The van der Waals surface area contributed by atoms with E-state index in [-0.39, 0.29) is 18.2 Å². The molecule has 2 heterocycles. The Morgan fingerprint density at radius 3 is 2.61 bits per heavy atom. The second kappa shape index (κ2) is 11.4. The molecular formula is C26H29N3O6S. The molecule has 36 heavy (non-hydrogen) atoms. The van der Waals surface area contributed by atoms with Gasteiger partial charge >= 0.3 is 5.97 Å². The van der Waals surface area contributed by atoms with E-state index < -0.39 is 5.97 Å². The summed E-state index contributed by atoms with van der Waals surface area (Å²) in [7, 11) is 4.44. The highest BCUT2D eigenvalue weighted by molar-refractivity contribution is 7.80. The molecule has 1 aromatic heterocycles. The number of H-pyrrole nitrogens is 1. The monoisotopic (exact) mass is 511 g/mol. The van der Waals surface area contributed by atoms with Crippen LogP contribution >= 0.6 is 12.2 Å². The van der Waals surface area contributed by atoms with Crippen LogP contribution in [0.3, 0.4) is 0 Å². The maximum atomic E-state index is 13.0. The number of carbonyl (C=O) groups excluding carboxylic acids is 1. The number of aromatic amines is 1. The van der Waals surface area contributed by atoms with Crippen LogP contribution in [0.25, 0.3) is 10.9 Å². The summed E-state index contributed by atoms with van der Waals surface area (Å²) in [6, 6.07) is 12.4. The Hall–Kier alpha value is -3.63. The number of benzene rings is 2. The summed E-state index contributed by atoms with van der Waals surface area (Å²) in [5.41, 5.74) is 1.82. The Labute approximate surface area is 214 Å². The highest BCUT2D eigenvalue weighted by Gasteiger charge is 2.23. The van der Waals surface area contributed by atoms with Crippen LogP contribution in [0.15, 0.2) is 47.3 Å². The minimum atomic E-state index is -0.470. The molecule has 1 fully saturated rings. The second-order valence-corrected chi connectivity index (χ2v) is 8.79. The number of anilines is 1. The molecule has 0 spiro atoms. The van der Waals surface area contributed by atoms with Gasteiger partial charge in [0.05, 0.1) is 50.7 Å². The molecule has 2 aromatic carbocycles. The number of aromatic nitrogens is 1. The molecular weight excluding hydrogens is 482 g/mol. The zero-order chi connectivity index (χ0) is 25.7. The molecule has 4 rings (SSSR count). The van der Waals surface area contributed by atoms with E-state index >= 15 is 0 Å². The van der Waals surface area contributed by atoms with E-state index in [1.807, 2.05) is 17.0 Å². The van der Waals surface area contributed by atoms with Crippen molar-refractivity contribution in [3.63, 3.8) is 0 Å². The van der Waals surface area contributed by atoms with Crippen LogP contribution in [0.1, 0.15) is 28.8 Å². The summed E-state index contributed by atoms with van der Waals surface area (Å²) >= 11 is 5.74. The molecule has 1 aliphatic rings. The first-order valence-electron chi connectivity index (χ1n) is 11.6. The summed E-state index contributed by atoms with van der Waals surface area (Å²) in [6.07, 6.45) is 1.87. The molecule has 190 valence electrons. The number of carbonyl (C=O) groups is 1. The quantitative estimate of drug-likeness (QED) is 0.346. The number of thiocarbonyl (C=S) groups is 1. The molecule has 0 aliphatic carbocycles. The second-order valence-electron chi connectivity index (χ2n) is 8.40. The van der Waals surface area contributed by atoms with E-state index in [1.165, 1.54) is 7.11 Å². The Balaban J connectivity index is 1.65. The van der Waals surface area contributed by atoms with Crippen molar-refractivity contribution in [1.82, 2.24) is 9.88 Å². The maximum Gasteiger partial charge on any atom is 0.339 e. The van der Waals surface area contributed by atoms with E-state index in [2.05, 4.69) is 10.3 Å². The van der Waals surface area contributed by atoms with Crippen molar-refractivity contribution >= 4 is 39.9 Å². The topological polar surface area (TPSA) is 102 Å². The third-order valence-corrected chi connectivity index (χ3v) is 6.46. The van der Waals surface area contributed by atoms with Crippen molar-refractivity contribution in [2.24, 2.45) is 0 Å². The summed E-state index contributed by atoms with van der Waals surface area (Å²) in [6.45, 7) is 1.43. The Morgan fingerprint density at radius 1 is 1.17 bits per heavy atom. The first kappa shape index (κ1) is 25.5. The molecule has 3 aromatic rings. The third-order valence-electron chi connectivity index (χ3n) is 6.10. The van der Waals surface area contributed by atoms with Crippen molar-refractivity contribution in [1.29, 1.82) is 0 Å². The summed E-state index contributed by atoms with van der Waals surface area (Å²) in [5, 5.41) is 4.33. The van der Waals surface area contributed by atoms with Crippen LogP contribution < -0.4 is 20.3 Å². The number of fused-ring (bicyclic) bond motifs is 1. The lowest BCUT2D eigenvalue weighted by Gasteiger charge is -2.28. The molecule has 9 nitrogen and oxygen atoms in total. The highest BCUT2D eigenvalue weighted by Crippen LogP contribution is 2.31. The van der Waals surface area contributed by atoms with Crippen LogP contribution in [0.2, 0.25) is 0 Å². The molecule has 1 aliphatic heterocycles. The largest absolute Gasteiger partial charge is 0.493 e. The van der Waals surface area contributed by atoms with Gasteiger partial charge in [0.2, 0.25) is 0 Å². The lowest BCUT2D eigenvalue weighted by molar-refractivity contribution is 0.0602. The number of rotatable bonds is 8. The molecule has 10 heteroatoms. The summed E-state index contributed by atoms with van der Waals surface area (Å²) in [5.74, 6) is 0.626. The van der Waals surface area contributed by atoms with Crippen molar-refractivity contribution < 1.29 is 23.7 Å². The van der Waals surface area contributed by atoms with Crippen molar-refractivity contribution in [2.45, 2.75) is 25.5 Å². The minimum Gasteiger partial charge on any atom is -0.493 e. The molecule has 0 amide bonds. The van der Waals surface area contributed by atoms with Crippen LogP contribution in [0.5, 0.6) is 11.5 Å². The van der Waals surface area contributed by atoms with Gasteiger partial charge in [0.25, 0.3) is 5.56 Å². The molecule has 0 radical (unpaired) electrons. The number of para-hydroxylation sites is 1. The van der Waals surface area contributed by atoms with Gasteiger partial charge in [-0.1, -0.05) is 12.1 Å². The number of hydrogen-bond donors (Lipinski definition) is 2. The number of methoxy groups -OCH3 is 3. The lowest BCUT2D eigenvalue weighted by atomic mass is 10.1. The first-order chi connectivity index (χ1) is 17.4. The summed E-state index contributed by atoms with van der Waals surface area (Å²) in [4.78, 5) is 30.0. The zero-order valence-electron chi connectivity index (χ0n) is 20.5. The Morgan fingerprint density at radius 2 is 1.92 bits per heavy atom. The Kier molecular flexibility index (Phi) is 8.07. The average molecular weight is 512 g/mol. The molecule has 0 saturated carbocycles. The van der Waals surface area contributed by atoms with Gasteiger partial charge in [0, 0.05) is 30.2 Å². The number of nitrogens with zero attached hydrogens (tertiary/aromatic N) is 1. The SMILES string of the molecule is COC(=O)c1ccccc1NC(=S)N(Cc1cc2cc(OC)c(OC)cc2[nH]c1=O)CC1CCCO1. The Bertz CT molecular complexity index is 1320. The normalized spacial score (nSPS) is 14.9. The zero-order valence-corrected chi connectivity index (χ0v) is 21.3. The number of esters is 1. The van der Waals surface area contributed by atoms with Crippen LogP contribution in [0.4, 0.5) is 5.69 Å². The van der Waals surface area contributed by atoms with Gasteiger partial charge in [-0.05, 0) is 49.3 Å². The number of ether oxygens (including phenoxy) is 4. The first-order valence-corrected chi connectivity index (χ1v) is 12.0. The fourth-order valence-corrected chi connectivity index (χ4v) is 4.48. The van der Waals surface area contributed by atoms with Crippen molar-refractivity contribution in [3.8, 4) is 11.5 Å². The molecule has 0 bridgehead atoms. The van der Waals surface area contributed by atoms with Gasteiger partial charge in [-0.3, -0.25) is 4.79 Å². The fraction of sp³-hybridized carbons (Fsp3) is 0.346. The molecule has 1 atom stereocenters. The number of hydrogen-bond acceptors (Lipinski definition) is 7. The van der Waals surface area contributed by atoms with Crippen LogP contribution in [-0.2, 0) is 16.0 Å². The van der Waals surface area contributed by atoms with Gasteiger partial charge in [0.15, 0.2) is 16.6 Å². The predicted octanol–water partition coefficient (Wildman–Crippen LogP) is 3.71. The van der Waals surface area contributed by atoms with Crippen LogP contribution in [0, 0.1) is 0 Å². The molecule has 1 unspecified atom stereocenters. The number of pyridine rings is 1. The standard InChI is InChI=1S/C26H29N3O6S/c1-32-22-12-16-11-17(24(30)27-21(16)13-23(22)33-2)14-29(15-18-7-6-10-35-18)26(36)28-20-9-5-4-8-19(20)25(31)34-3/h4-5,8-9,11-13,18H,6-7,10,14-15H2,1-3H3,(H,27,30)(H,28,36). The smallest absolute Gasteiger partial charge is 0.339 e. The molecule has 2 N–H and O–H groups in total. The van der Waals surface area contributed by atoms with Gasteiger partial charge in [-0.15, -0.1) is 0 Å². The van der Waals surface area contributed by atoms with E-state index in [0.29, 0.717) is 52.1 Å². The van der Waals surface area contributed by atoms with E-state index in [9.17, 15) is 9.59 Å². The van der Waals surface area contributed by atoms with Gasteiger partial charge < -0.3 is 34.1 Å². The molecule has 1 saturated heterocycles. The van der Waals surface area contributed by atoms with Crippen molar-refractivity contribution in [2.75, 3.05) is 39.8 Å². The van der Waals surface area contributed by atoms with Gasteiger partial charge in [-0.2, -0.15) is 0 Å². The summed E-state index contributed by atoms with van der Waals surface area (Å²) < 4.78 is 21.5. The third kappa shape index (κ3) is 5.60. The van der Waals surface area contributed by atoms with Gasteiger partial charge in [-0.25, -0.2) is 4.79 Å². The predicted molar refractivity (Wildman–Crippen MR) is 141 cm³/mol. The van der Waals surface area contributed by atoms with Gasteiger partial charge in [0.1, 0.15) is 0 Å². The van der Waals surface area contributed by atoms with Crippen molar-refractivity contribution in [3.05, 3.63) is 63.9 Å². The van der Waals surface area contributed by atoms with Crippen LogP contribution in [-0.4, -0.2) is 61.6 Å². The average Bonchev–Trinajstić information content (AvgIpc) is 3.41. The highest BCUT2D eigenvalue weighted by atomic mass is 32.1. The fourth-order valence-electron chi connectivity index (χ4n) is 4.23. The van der Waals surface area contributed by atoms with E-state index in [1.54, 1.807) is 44.6 Å².